The third kappa shape index (κ3) is 4.64. The molecule has 0 radical (unpaired) electrons. The third-order valence-electron chi connectivity index (χ3n) is 6.19. The zero-order valence-corrected chi connectivity index (χ0v) is 20.6. The average molecular weight is 499 g/mol. The van der Waals surface area contributed by atoms with Gasteiger partial charge >= 0.3 is 5.69 Å². The first-order chi connectivity index (χ1) is 17.4. The predicted octanol–water partition coefficient (Wildman–Crippen LogP) is 5.43. The lowest BCUT2D eigenvalue weighted by Gasteiger charge is -2.25. The molecule has 36 heavy (non-hydrogen) atoms. The van der Waals surface area contributed by atoms with E-state index >= 15 is 0 Å². The number of aryl methyl sites for hydroxylation is 1. The number of nitrogens with zero attached hydrogens (tertiary/aromatic N) is 4. The number of hydrogen-bond acceptors (Lipinski definition) is 6. The number of nitriles is 1. The SMILES string of the molecule is COc1ccc2c(c1)CCn1c-2cc(N(C)Cc2ccc(Oc3cccc(Cl)c3)c(C#N)c2)nc1=O. The van der Waals surface area contributed by atoms with Gasteiger partial charge in [-0.2, -0.15) is 10.2 Å². The molecule has 7 nitrogen and oxygen atoms in total. The van der Waals surface area contributed by atoms with Crippen LogP contribution in [0.3, 0.4) is 0 Å². The van der Waals surface area contributed by atoms with Gasteiger partial charge in [-0.15, -0.1) is 0 Å². The van der Waals surface area contributed by atoms with E-state index in [0.717, 1.165) is 34.6 Å². The summed E-state index contributed by atoms with van der Waals surface area (Å²) in [6.45, 7) is 1.03. The van der Waals surface area contributed by atoms with E-state index in [-0.39, 0.29) is 5.69 Å². The zero-order chi connectivity index (χ0) is 25.2. The van der Waals surface area contributed by atoms with Gasteiger partial charge in [-0.1, -0.05) is 23.7 Å². The Morgan fingerprint density at radius 3 is 2.75 bits per heavy atom. The van der Waals surface area contributed by atoms with Gasteiger partial charge in [-0.25, -0.2) is 4.79 Å². The zero-order valence-electron chi connectivity index (χ0n) is 19.9. The highest BCUT2D eigenvalue weighted by molar-refractivity contribution is 6.30. The highest BCUT2D eigenvalue weighted by Gasteiger charge is 2.20. The topological polar surface area (TPSA) is 80.4 Å². The molecule has 3 aromatic carbocycles. The van der Waals surface area contributed by atoms with Crippen molar-refractivity contribution in [3.05, 3.63) is 98.9 Å². The summed E-state index contributed by atoms with van der Waals surface area (Å²) in [7, 11) is 3.52. The lowest BCUT2D eigenvalue weighted by Crippen LogP contribution is -2.31. The summed E-state index contributed by atoms with van der Waals surface area (Å²) in [5.41, 5.74) is 4.00. The van der Waals surface area contributed by atoms with Crippen LogP contribution in [0.1, 0.15) is 16.7 Å². The maximum absolute atomic E-state index is 12.8. The van der Waals surface area contributed by atoms with Gasteiger partial charge in [0.1, 0.15) is 29.1 Å². The second-order valence-corrected chi connectivity index (χ2v) is 9.00. The van der Waals surface area contributed by atoms with Gasteiger partial charge in [0.2, 0.25) is 0 Å². The molecule has 0 spiro atoms. The molecule has 180 valence electrons. The second kappa shape index (κ2) is 9.76. The monoisotopic (exact) mass is 498 g/mol. The van der Waals surface area contributed by atoms with Gasteiger partial charge in [0.25, 0.3) is 0 Å². The van der Waals surface area contributed by atoms with Crippen molar-refractivity contribution in [2.45, 2.75) is 19.5 Å². The molecule has 8 heteroatoms. The molecule has 4 aromatic rings. The Morgan fingerprint density at radius 2 is 1.97 bits per heavy atom. The van der Waals surface area contributed by atoms with Crippen molar-refractivity contribution in [3.63, 3.8) is 0 Å². The van der Waals surface area contributed by atoms with Gasteiger partial charge in [0.15, 0.2) is 0 Å². The summed E-state index contributed by atoms with van der Waals surface area (Å²) in [5, 5.41) is 10.2. The van der Waals surface area contributed by atoms with Crippen molar-refractivity contribution in [2.24, 2.45) is 0 Å². The van der Waals surface area contributed by atoms with Crippen LogP contribution >= 0.6 is 11.6 Å². The highest BCUT2D eigenvalue weighted by atomic mass is 35.5. The van der Waals surface area contributed by atoms with E-state index in [1.165, 1.54) is 0 Å². The highest BCUT2D eigenvalue weighted by Crippen LogP contribution is 2.33. The number of benzene rings is 3. The number of ether oxygens (including phenoxy) is 2. The summed E-state index contributed by atoms with van der Waals surface area (Å²) in [5.74, 6) is 2.36. The van der Waals surface area contributed by atoms with Crippen LogP contribution in [-0.2, 0) is 19.5 Å². The minimum absolute atomic E-state index is 0.279. The van der Waals surface area contributed by atoms with Crippen molar-refractivity contribution < 1.29 is 9.47 Å². The van der Waals surface area contributed by atoms with E-state index in [9.17, 15) is 10.1 Å². The minimum atomic E-state index is -0.279. The first-order valence-electron chi connectivity index (χ1n) is 11.4. The Morgan fingerprint density at radius 1 is 1.11 bits per heavy atom. The fraction of sp³-hybridized carbons (Fsp3) is 0.179. The molecule has 0 aliphatic carbocycles. The fourth-order valence-electron chi connectivity index (χ4n) is 4.38. The van der Waals surface area contributed by atoms with Crippen LogP contribution in [0.15, 0.2) is 71.5 Å². The number of halogens is 1. The molecule has 0 atom stereocenters. The molecular formula is C28H23ClN4O3. The molecule has 0 saturated carbocycles. The molecule has 1 aliphatic rings. The molecule has 0 unspecified atom stereocenters. The minimum Gasteiger partial charge on any atom is -0.497 e. The number of rotatable bonds is 6. The lowest BCUT2D eigenvalue weighted by atomic mass is 9.97. The van der Waals surface area contributed by atoms with Crippen LogP contribution in [-0.4, -0.2) is 23.7 Å². The van der Waals surface area contributed by atoms with Gasteiger partial charge in [-0.05, 0) is 66.1 Å². The first-order valence-corrected chi connectivity index (χ1v) is 11.8. The van der Waals surface area contributed by atoms with Gasteiger partial charge in [-0.3, -0.25) is 4.57 Å². The quantitative estimate of drug-likeness (QED) is 0.352. The molecule has 5 rings (SSSR count). The summed E-state index contributed by atoms with van der Waals surface area (Å²) >= 11 is 6.04. The smallest absolute Gasteiger partial charge is 0.350 e. The predicted molar refractivity (Wildman–Crippen MR) is 139 cm³/mol. The molecular weight excluding hydrogens is 476 g/mol. The average Bonchev–Trinajstić information content (AvgIpc) is 2.88. The van der Waals surface area contributed by atoms with E-state index in [4.69, 9.17) is 21.1 Å². The Hall–Kier alpha value is -4.28. The standard InChI is InChI=1S/C28H23ClN4O3/c1-32(17-18-6-9-26(20(12-18)16-30)36-23-5-3-4-21(29)14-23)27-15-25-24-8-7-22(35-2)13-19(24)10-11-33(25)28(34)31-27/h3-9,12-15H,10-11,17H2,1-2H3. The van der Waals surface area contributed by atoms with Crippen LogP contribution in [0.5, 0.6) is 17.2 Å². The summed E-state index contributed by atoms with van der Waals surface area (Å²) in [4.78, 5) is 19.1. The van der Waals surface area contributed by atoms with Crippen LogP contribution in [0.4, 0.5) is 5.82 Å². The van der Waals surface area contributed by atoms with E-state index in [1.807, 2.05) is 42.3 Å². The van der Waals surface area contributed by atoms with Crippen molar-refractivity contribution in [1.82, 2.24) is 9.55 Å². The Balaban J connectivity index is 1.41. The molecule has 1 aromatic heterocycles. The van der Waals surface area contributed by atoms with Crippen molar-refractivity contribution in [2.75, 3.05) is 19.1 Å². The normalized spacial score (nSPS) is 11.7. The molecule has 0 amide bonds. The molecule has 0 fully saturated rings. The van der Waals surface area contributed by atoms with Crippen molar-refractivity contribution in [1.29, 1.82) is 5.26 Å². The van der Waals surface area contributed by atoms with E-state index in [1.54, 1.807) is 48.1 Å². The van der Waals surface area contributed by atoms with Crippen LogP contribution < -0.4 is 20.1 Å². The van der Waals surface area contributed by atoms with Crippen LogP contribution in [0.25, 0.3) is 11.3 Å². The van der Waals surface area contributed by atoms with Gasteiger partial charge in [0.05, 0.1) is 18.4 Å². The maximum Gasteiger partial charge on any atom is 0.350 e. The number of aromatic nitrogens is 2. The fourth-order valence-corrected chi connectivity index (χ4v) is 4.56. The van der Waals surface area contributed by atoms with Gasteiger partial charge < -0.3 is 14.4 Å². The number of hydrogen-bond donors (Lipinski definition) is 0. The number of anilines is 1. The molecule has 1 aliphatic heterocycles. The summed E-state index contributed by atoms with van der Waals surface area (Å²) in [6, 6.07) is 22.5. The van der Waals surface area contributed by atoms with E-state index in [2.05, 4.69) is 11.1 Å². The largest absolute Gasteiger partial charge is 0.497 e. The molecule has 2 heterocycles. The van der Waals surface area contributed by atoms with Crippen molar-refractivity contribution in [3.8, 4) is 34.6 Å². The summed E-state index contributed by atoms with van der Waals surface area (Å²) < 4.78 is 12.9. The molecule has 0 N–H and O–H groups in total. The summed E-state index contributed by atoms with van der Waals surface area (Å²) in [6.07, 6.45) is 0.747. The second-order valence-electron chi connectivity index (χ2n) is 8.56. The van der Waals surface area contributed by atoms with Crippen LogP contribution in [0, 0.1) is 11.3 Å². The maximum atomic E-state index is 12.8. The Labute approximate surface area is 213 Å². The van der Waals surface area contributed by atoms with Crippen molar-refractivity contribution >= 4 is 17.4 Å². The van der Waals surface area contributed by atoms with E-state index < -0.39 is 0 Å². The Bertz CT molecular complexity index is 1560. The van der Waals surface area contributed by atoms with Crippen LogP contribution in [0.2, 0.25) is 5.02 Å². The number of methoxy groups -OCH3 is 1. The molecule has 0 saturated heterocycles. The first kappa shape index (κ1) is 23.5. The molecule has 0 bridgehead atoms. The van der Waals surface area contributed by atoms with E-state index in [0.29, 0.717) is 41.0 Å². The lowest BCUT2D eigenvalue weighted by molar-refractivity contribution is 0.414. The Kier molecular flexibility index (Phi) is 6.36. The van der Waals surface area contributed by atoms with Gasteiger partial charge in [0, 0.05) is 36.8 Å². The number of fused-ring (bicyclic) bond motifs is 3. The third-order valence-corrected chi connectivity index (χ3v) is 6.43.